The van der Waals surface area contributed by atoms with Crippen molar-refractivity contribution in [3.63, 3.8) is 0 Å². The van der Waals surface area contributed by atoms with E-state index in [0.717, 1.165) is 5.56 Å². The molecule has 2 aromatic rings. The van der Waals surface area contributed by atoms with Crippen molar-refractivity contribution in [3.8, 4) is 0 Å². The molecule has 0 radical (unpaired) electrons. The van der Waals surface area contributed by atoms with Crippen LogP contribution in [-0.4, -0.2) is 57.0 Å². The molecule has 33 heavy (non-hydrogen) atoms. The summed E-state index contributed by atoms with van der Waals surface area (Å²) in [5.74, 6) is -0.474. The average Bonchev–Trinajstić information content (AvgIpc) is 3.27. The van der Waals surface area contributed by atoms with Crippen molar-refractivity contribution in [1.29, 1.82) is 0 Å². The number of aryl methyl sites for hydroxylation is 2. The second kappa shape index (κ2) is 9.92. The molecule has 1 atom stereocenters. The van der Waals surface area contributed by atoms with Crippen LogP contribution in [-0.2, 0) is 24.8 Å². The molecule has 180 valence electrons. The number of carbonyl (C=O) groups excluding carboxylic acids is 1. The molecule has 0 aliphatic carbocycles. The van der Waals surface area contributed by atoms with Crippen molar-refractivity contribution in [2.24, 2.45) is 0 Å². The predicted molar refractivity (Wildman–Crippen MR) is 128 cm³/mol. The average molecular weight is 494 g/mol. The van der Waals surface area contributed by atoms with E-state index in [4.69, 9.17) is 0 Å². The topological polar surface area (TPSA) is 104 Å². The third-order valence-corrected chi connectivity index (χ3v) is 10.0. The van der Waals surface area contributed by atoms with E-state index in [-0.39, 0.29) is 16.3 Å². The largest absolute Gasteiger partial charge is 0.325 e. The van der Waals surface area contributed by atoms with E-state index in [0.29, 0.717) is 37.2 Å². The van der Waals surface area contributed by atoms with Gasteiger partial charge in [-0.2, -0.15) is 8.61 Å². The number of anilines is 1. The van der Waals surface area contributed by atoms with Crippen LogP contribution in [0.5, 0.6) is 0 Å². The molecule has 1 amide bonds. The number of benzene rings is 2. The van der Waals surface area contributed by atoms with Crippen LogP contribution in [0.25, 0.3) is 0 Å². The summed E-state index contributed by atoms with van der Waals surface area (Å²) in [6.45, 7) is 8.04. The maximum Gasteiger partial charge on any atom is 0.243 e. The van der Waals surface area contributed by atoms with E-state index in [1.165, 1.54) is 14.7 Å². The molecule has 10 heteroatoms. The lowest BCUT2D eigenvalue weighted by Gasteiger charge is -2.24. The van der Waals surface area contributed by atoms with E-state index in [1.807, 2.05) is 6.92 Å². The summed E-state index contributed by atoms with van der Waals surface area (Å²) in [5, 5.41) is 2.73. The molecule has 1 unspecified atom stereocenters. The number of hydrogen-bond acceptors (Lipinski definition) is 5. The molecule has 1 heterocycles. The van der Waals surface area contributed by atoms with Crippen molar-refractivity contribution >= 4 is 31.6 Å². The van der Waals surface area contributed by atoms with Crippen LogP contribution < -0.4 is 5.32 Å². The van der Waals surface area contributed by atoms with Gasteiger partial charge < -0.3 is 5.32 Å². The zero-order chi connectivity index (χ0) is 24.4. The minimum absolute atomic E-state index is 0.125. The smallest absolute Gasteiger partial charge is 0.243 e. The van der Waals surface area contributed by atoms with E-state index in [2.05, 4.69) is 5.32 Å². The van der Waals surface area contributed by atoms with E-state index < -0.39 is 32.0 Å². The fourth-order valence-electron chi connectivity index (χ4n) is 4.02. The summed E-state index contributed by atoms with van der Waals surface area (Å²) in [7, 11) is -7.54. The second-order valence-electron chi connectivity index (χ2n) is 8.15. The number of carbonyl (C=O) groups is 1. The highest BCUT2D eigenvalue weighted by Gasteiger charge is 2.39. The number of rotatable bonds is 8. The van der Waals surface area contributed by atoms with Gasteiger partial charge in [-0.15, -0.1) is 0 Å². The maximum absolute atomic E-state index is 13.1. The van der Waals surface area contributed by atoms with Crippen LogP contribution in [0.4, 0.5) is 5.69 Å². The van der Waals surface area contributed by atoms with Crippen LogP contribution in [0.15, 0.2) is 52.3 Å². The monoisotopic (exact) mass is 493 g/mol. The number of nitrogens with zero attached hydrogens (tertiary/aromatic N) is 2. The first-order valence-electron chi connectivity index (χ1n) is 11.0. The molecule has 1 N–H and O–H groups in total. The van der Waals surface area contributed by atoms with Gasteiger partial charge in [0.2, 0.25) is 26.0 Å². The lowest BCUT2D eigenvalue weighted by molar-refractivity contribution is -0.119. The SMILES string of the molecule is CCN(CC)S(=O)(=O)c1cc(NC(=O)C2CCCN2S(=O)(=O)c2ccc(C)cc2)ccc1C. The van der Waals surface area contributed by atoms with Crippen molar-refractivity contribution in [2.45, 2.75) is 56.4 Å². The van der Waals surface area contributed by atoms with Crippen LogP contribution >= 0.6 is 0 Å². The molecule has 0 aromatic heterocycles. The Morgan fingerprint density at radius 1 is 1.03 bits per heavy atom. The molecule has 1 saturated heterocycles. The third-order valence-electron chi connectivity index (χ3n) is 5.91. The van der Waals surface area contributed by atoms with Gasteiger partial charge in [0.25, 0.3) is 0 Å². The van der Waals surface area contributed by atoms with Gasteiger partial charge in [0.1, 0.15) is 6.04 Å². The minimum atomic E-state index is -3.83. The first kappa shape index (κ1) is 25.4. The molecule has 0 saturated carbocycles. The first-order chi connectivity index (χ1) is 15.5. The molecule has 2 aromatic carbocycles. The molecule has 1 fully saturated rings. The fourth-order valence-corrected chi connectivity index (χ4v) is 7.38. The van der Waals surface area contributed by atoms with Crippen LogP contribution in [0.2, 0.25) is 0 Å². The van der Waals surface area contributed by atoms with Gasteiger partial charge in [0.05, 0.1) is 9.79 Å². The van der Waals surface area contributed by atoms with Crippen LogP contribution in [0.3, 0.4) is 0 Å². The van der Waals surface area contributed by atoms with Gasteiger partial charge in [-0.05, 0) is 56.5 Å². The lowest BCUT2D eigenvalue weighted by atomic mass is 10.2. The Morgan fingerprint density at radius 2 is 1.67 bits per heavy atom. The summed E-state index contributed by atoms with van der Waals surface area (Å²) in [6.07, 6.45) is 0.964. The van der Waals surface area contributed by atoms with Gasteiger partial charge >= 0.3 is 0 Å². The zero-order valence-electron chi connectivity index (χ0n) is 19.4. The van der Waals surface area contributed by atoms with Crippen LogP contribution in [0, 0.1) is 13.8 Å². The van der Waals surface area contributed by atoms with Gasteiger partial charge in [0.15, 0.2) is 0 Å². The quantitative estimate of drug-likeness (QED) is 0.609. The predicted octanol–water partition coefficient (Wildman–Crippen LogP) is 3.13. The third kappa shape index (κ3) is 5.13. The van der Waals surface area contributed by atoms with Gasteiger partial charge in [-0.3, -0.25) is 4.79 Å². The molecule has 1 aliphatic rings. The van der Waals surface area contributed by atoms with Gasteiger partial charge in [-0.1, -0.05) is 37.6 Å². The Labute approximate surface area is 196 Å². The summed E-state index contributed by atoms with van der Waals surface area (Å²) in [4.78, 5) is 13.3. The second-order valence-corrected chi connectivity index (χ2v) is 11.9. The Kier molecular flexibility index (Phi) is 7.62. The van der Waals surface area contributed by atoms with Crippen molar-refractivity contribution in [1.82, 2.24) is 8.61 Å². The zero-order valence-corrected chi connectivity index (χ0v) is 21.0. The van der Waals surface area contributed by atoms with Gasteiger partial charge in [-0.25, -0.2) is 16.8 Å². The fraction of sp³-hybridized carbons (Fsp3) is 0.435. The highest BCUT2D eigenvalue weighted by atomic mass is 32.2. The van der Waals surface area contributed by atoms with Crippen molar-refractivity contribution in [3.05, 3.63) is 53.6 Å². The summed E-state index contributed by atoms with van der Waals surface area (Å²) in [6, 6.07) is 10.4. The van der Waals surface area contributed by atoms with E-state index in [9.17, 15) is 21.6 Å². The Bertz CT molecular complexity index is 1220. The Balaban J connectivity index is 1.86. The van der Waals surface area contributed by atoms with Crippen LogP contribution in [0.1, 0.15) is 37.8 Å². The number of nitrogens with one attached hydrogen (secondary N) is 1. The van der Waals surface area contributed by atoms with Gasteiger partial charge in [0, 0.05) is 25.3 Å². The molecule has 8 nitrogen and oxygen atoms in total. The molecule has 0 bridgehead atoms. The molecular formula is C23H31N3O5S2. The first-order valence-corrected chi connectivity index (χ1v) is 13.9. The van der Waals surface area contributed by atoms with E-state index in [1.54, 1.807) is 57.2 Å². The lowest BCUT2D eigenvalue weighted by Crippen LogP contribution is -2.43. The molecule has 0 spiro atoms. The molecular weight excluding hydrogens is 462 g/mol. The Morgan fingerprint density at radius 3 is 2.27 bits per heavy atom. The number of sulfonamides is 2. The van der Waals surface area contributed by atoms with Crippen molar-refractivity contribution < 1.29 is 21.6 Å². The summed E-state index contributed by atoms with van der Waals surface area (Å²) in [5.41, 5.74) is 1.83. The standard InChI is InChI=1S/C23H31N3O5S2/c1-5-25(6-2)33(30,31)22-16-19(12-11-18(22)4)24-23(27)21-8-7-15-26(21)32(28,29)20-13-9-17(3)10-14-20/h9-14,16,21H,5-8,15H2,1-4H3,(H,24,27). The normalized spacial score (nSPS) is 17.4. The minimum Gasteiger partial charge on any atom is -0.325 e. The Hall–Kier alpha value is -2.27. The van der Waals surface area contributed by atoms with Crippen molar-refractivity contribution in [2.75, 3.05) is 25.0 Å². The highest BCUT2D eigenvalue weighted by molar-refractivity contribution is 7.89. The molecule has 1 aliphatic heterocycles. The van der Waals surface area contributed by atoms with E-state index >= 15 is 0 Å². The maximum atomic E-state index is 13.1. The highest BCUT2D eigenvalue weighted by Crippen LogP contribution is 2.28. The molecule has 3 rings (SSSR count). The summed E-state index contributed by atoms with van der Waals surface area (Å²) < 4.78 is 54.9. The number of hydrogen-bond donors (Lipinski definition) is 1. The summed E-state index contributed by atoms with van der Waals surface area (Å²) >= 11 is 0. The number of amides is 1.